The molecule has 2 aromatic carbocycles. The van der Waals surface area contributed by atoms with Crippen molar-refractivity contribution in [3.63, 3.8) is 0 Å². The zero-order chi connectivity index (χ0) is 38.2. The third kappa shape index (κ3) is 21.1. The molecule has 0 aliphatic carbocycles. The SMILES string of the molecule is CCCCCCCCCCCCCCCCC[n+]1c(CC(C)c2ccccc2)cn(CCCCCCCCCCCCCCCC)c1Cc1ccccc1. The monoisotopic (exact) mass is 740 g/mol. The lowest BCUT2D eigenvalue weighted by Crippen LogP contribution is -2.41. The molecule has 1 heterocycles. The molecule has 2 heteroatoms. The minimum absolute atomic E-state index is 0.514. The van der Waals surface area contributed by atoms with E-state index in [1.54, 1.807) is 0 Å². The number of hydrogen-bond acceptors (Lipinski definition) is 0. The van der Waals surface area contributed by atoms with E-state index in [1.165, 1.54) is 209 Å². The first-order valence-electron chi connectivity index (χ1n) is 23.9. The molecule has 3 rings (SSSR count). The molecule has 0 saturated carbocycles. The Labute approximate surface area is 336 Å². The van der Waals surface area contributed by atoms with E-state index in [0.29, 0.717) is 5.92 Å². The summed E-state index contributed by atoms with van der Waals surface area (Å²) in [7, 11) is 0. The average molecular weight is 740 g/mol. The van der Waals surface area contributed by atoms with Crippen molar-refractivity contribution in [1.29, 1.82) is 0 Å². The van der Waals surface area contributed by atoms with Gasteiger partial charge in [0.15, 0.2) is 0 Å². The largest absolute Gasteiger partial charge is 0.261 e. The second-order valence-electron chi connectivity index (χ2n) is 17.1. The van der Waals surface area contributed by atoms with Gasteiger partial charge in [-0.3, -0.25) is 0 Å². The van der Waals surface area contributed by atoms with Crippen LogP contribution >= 0.6 is 0 Å². The fourth-order valence-electron chi connectivity index (χ4n) is 8.58. The Bertz CT molecular complexity index is 1240. The summed E-state index contributed by atoms with van der Waals surface area (Å²) in [6.45, 7) is 9.36. The highest BCUT2D eigenvalue weighted by molar-refractivity contribution is 5.21. The molecule has 304 valence electrons. The number of hydrogen-bond donors (Lipinski definition) is 0. The number of aryl methyl sites for hydroxylation is 1. The lowest BCUT2D eigenvalue weighted by Gasteiger charge is -2.12. The highest BCUT2D eigenvalue weighted by Crippen LogP contribution is 2.22. The van der Waals surface area contributed by atoms with E-state index in [2.05, 4.69) is 96.8 Å². The van der Waals surface area contributed by atoms with Gasteiger partial charge in [-0.2, -0.15) is 0 Å². The van der Waals surface area contributed by atoms with Crippen molar-refractivity contribution < 1.29 is 4.57 Å². The number of aromatic nitrogens is 2. The van der Waals surface area contributed by atoms with Gasteiger partial charge >= 0.3 is 0 Å². The van der Waals surface area contributed by atoms with Gasteiger partial charge in [0.2, 0.25) is 0 Å². The van der Waals surface area contributed by atoms with Crippen LogP contribution in [0.15, 0.2) is 66.9 Å². The standard InChI is InChI=1S/C52H87N2/c1-4-6-8-10-12-14-16-18-20-22-24-26-28-30-38-44-54-51(45-48(3)50-41-35-32-36-42-50)47-53(52(54)46-49-39-33-31-34-40-49)43-37-29-27-25-23-21-19-17-15-13-11-9-7-5-2/h31-36,39-42,47-48H,4-30,37-38,43-46H2,1-3H3/q+1. The first-order chi connectivity index (χ1) is 26.7. The van der Waals surface area contributed by atoms with E-state index < -0.39 is 0 Å². The molecule has 3 aromatic rings. The molecule has 0 saturated heterocycles. The van der Waals surface area contributed by atoms with E-state index in [9.17, 15) is 0 Å². The Kier molecular flexibility index (Phi) is 27.1. The molecule has 1 unspecified atom stereocenters. The zero-order valence-corrected chi connectivity index (χ0v) is 36.2. The molecule has 0 aliphatic heterocycles. The molecular weight excluding hydrogens is 653 g/mol. The van der Waals surface area contributed by atoms with E-state index in [-0.39, 0.29) is 0 Å². The Morgan fingerprint density at radius 1 is 0.463 bits per heavy atom. The normalized spacial score (nSPS) is 12.1. The molecule has 0 bridgehead atoms. The average Bonchev–Trinajstić information content (AvgIpc) is 3.51. The van der Waals surface area contributed by atoms with Gasteiger partial charge in [0, 0.05) is 6.42 Å². The van der Waals surface area contributed by atoms with Crippen LogP contribution in [0, 0.1) is 0 Å². The van der Waals surface area contributed by atoms with E-state index >= 15 is 0 Å². The molecule has 0 N–H and O–H groups in total. The van der Waals surface area contributed by atoms with Crippen molar-refractivity contribution in [2.24, 2.45) is 0 Å². The van der Waals surface area contributed by atoms with E-state index in [4.69, 9.17) is 0 Å². The van der Waals surface area contributed by atoms with Crippen LogP contribution in [-0.2, 0) is 25.9 Å². The predicted molar refractivity (Wildman–Crippen MR) is 238 cm³/mol. The summed E-state index contributed by atoms with van der Waals surface area (Å²) in [5.74, 6) is 2.04. The van der Waals surface area contributed by atoms with Gasteiger partial charge in [-0.15, -0.1) is 0 Å². The highest BCUT2D eigenvalue weighted by atomic mass is 15.2. The summed E-state index contributed by atoms with van der Waals surface area (Å²) in [4.78, 5) is 0. The summed E-state index contributed by atoms with van der Waals surface area (Å²) in [6, 6.07) is 22.4. The van der Waals surface area contributed by atoms with Crippen LogP contribution in [0.4, 0.5) is 0 Å². The van der Waals surface area contributed by atoms with Crippen LogP contribution in [0.25, 0.3) is 0 Å². The fraction of sp³-hybridized carbons (Fsp3) is 0.712. The molecule has 1 aromatic heterocycles. The zero-order valence-electron chi connectivity index (χ0n) is 36.2. The topological polar surface area (TPSA) is 8.81 Å². The fourth-order valence-corrected chi connectivity index (χ4v) is 8.58. The lowest BCUT2D eigenvalue weighted by molar-refractivity contribution is -0.710. The van der Waals surface area contributed by atoms with Gasteiger partial charge in [-0.25, -0.2) is 9.13 Å². The van der Waals surface area contributed by atoms with Crippen LogP contribution in [0.1, 0.15) is 236 Å². The van der Waals surface area contributed by atoms with Crippen LogP contribution in [-0.4, -0.2) is 4.57 Å². The molecule has 0 fully saturated rings. The first kappa shape index (κ1) is 46.0. The van der Waals surface area contributed by atoms with Crippen molar-refractivity contribution in [2.75, 3.05) is 0 Å². The van der Waals surface area contributed by atoms with E-state index in [0.717, 1.165) is 25.9 Å². The van der Waals surface area contributed by atoms with Crippen LogP contribution in [0.2, 0.25) is 0 Å². The molecule has 1 atom stereocenters. The summed E-state index contributed by atoms with van der Waals surface area (Å²) < 4.78 is 5.43. The molecular formula is C52H87N2+. The Morgan fingerprint density at radius 3 is 1.30 bits per heavy atom. The molecule has 54 heavy (non-hydrogen) atoms. The van der Waals surface area contributed by atoms with Crippen LogP contribution < -0.4 is 4.57 Å². The van der Waals surface area contributed by atoms with Crippen molar-refractivity contribution in [3.05, 3.63) is 89.5 Å². The summed E-state index contributed by atoms with van der Waals surface area (Å²) >= 11 is 0. The highest BCUT2D eigenvalue weighted by Gasteiger charge is 2.25. The van der Waals surface area contributed by atoms with Gasteiger partial charge in [-0.05, 0) is 42.7 Å². The smallest absolute Gasteiger partial charge is 0.234 e. The number of benzene rings is 2. The minimum atomic E-state index is 0.514. The van der Waals surface area contributed by atoms with E-state index in [1.807, 2.05) is 0 Å². The lowest BCUT2D eigenvalue weighted by atomic mass is 9.96. The Hall–Kier alpha value is -2.35. The molecule has 0 amide bonds. The van der Waals surface area contributed by atoms with Gasteiger partial charge < -0.3 is 0 Å². The van der Waals surface area contributed by atoms with Crippen molar-refractivity contribution in [1.82, 2.24) is 4.57 Å². The van der Waals surface area contributed by atoms with Crippen molar-refractivity contribution >= 4 is 0 Å². The molecule has 0 aliphatic rings. The van der Waals surface area contributed by atoms with Gasteiger partial charge in [-0.1, -0.05) is 242 Å². The van der Waals surface area contributed by atoms with Crippen molar-refractivity contribution in [2.45, 2.75) is 239 Å². The van der Waals surface area contributed by atoms with Crippen LogP contribution in [0.3, 0.4) is 0 Å². The van der Waals surface area contributed by atoms with Gasteiger partial charge in [0.05, 0.1) is 19.5 Å². The quantitative estimate of drug-likeness (QED) is 0.0415. The second-order valence-corrected chi connectivity index (χ2v) is 17.1. The Morgan fingerprint density at radius 2 is 0.852 bits per heavy atom. The van der Waals surface area contributed by atoms with Crippen LogP contribution in [0.5, 0.6) is 0 Å². The number of unbranched alkanes of at least 4 members (excludes halogenated alkanes) is 27. The van der Waals surface area contributed by atoms with Gasteiger partial charge in [0.1, 0.15) is 11.9 Å². The maximum Gasteiger partial charge on any atom is 0.261 e. The number of rotatable bonds is 36. The number of nitrogens with zero attached hydrogens (tertiary/aromatic N) is 2. The summed E-state index contributed by atoms with van der Waals surface area (Å²) in [5, 5.41) is 0. The van der Waals surface area contributed by atoms with Crippen molar-refractivity contribution in [3.8, 4) is 0 Å². The predicted octanol–water partition coefficient (Wildman–Crippen LogP) is 16.1. The molecule has 2 nitrogen and oxygen atoms in total. The number of imidazole rings is 1. The minimum Gasteiger partial charge on any atom is -0.234 e. The Balaban J connectivity index is 1.48. The maximum absolute atomic E-state index is 2.76. The summed E-state index contributed by atoms with van der Waals surface area (Å²) in [5.41, 5.74) is 4.43. The summed E-state index contributed by atoms with van der Waals surface area (Å²) in [6.07, 6.45) is 45.8. The molecule has 0 radical (unpaired) electrons. The maximum atomic E-state index is 2.76. The second kappa shape index (κ2) is 31.8. The third-order valence-corrected chi connectivity index (χ3v) is 12.1. The molecule has 0 spiro atoms. The first-order valence-corrected chi connectivity index (χ1v) is 23.9. The third-order valence-electron chi connectivity index (χ3n) is 12.1. The van der Waals surface area contributed by atoms with Gasteiger partial charge in [0.25, 0.3) is 5.82 Å².